The zero-order valence-electron chi connectivity index (χ0n) is 7.44. The van der Waals surface area contributed by atoms with E-state index in [-0.39, 0.29) is 6.54 Å². The Morgan fingerprint density at radius 2 is 2.36 bits per heavy atom. The molecule has 1 rings (SSSR count). The summed E-state index contributed by atoms with van der Waals surface area (Å²) in [5.41, 5.74) is 0. The number of rotatable bonds is 4. The van der Waals surface area contributed by atoms with Crippen molar-refractivity contribution in [3.8, 4) is 0 Å². The summed E-state index contributed by atoms with van der Waals surface area (Å²) in [6.07, 6.45) is 1.49. The van der Waals surface area contributed by atoms with E-state index in [2.05, 4.69) is 10.1 Å². The molecule has 1 heterocycles. The summed E-state index contributed by atoms with van der Waals surface area (Å²) < 4.78 is 26.8. The van der Waals surface area contributed by atoms with Crippen molar-refractivity contribution in [1.29, 1.82) is 0 Å². The first-order chi connectivity index (χ1) is 6.50. The molecule has 78 valence electrons. The normalized spacial score (nSPS) is 11.6. The number of halogens is 2. The fourth-order valence-corrected chi connectivity index (χ4v) is 0.978. The highest BCUT2D eigenvalue weighted by Gasteiger charge is 2.45. The highest BCUT2D eigenvalue weighted by molar-refractivity contribution is 5.75. The highest BCUT2D eigenvalue weighted by Crippen LogP contribution is 2.25. The number of carboxylic acids is 1. The van der Waals surface area contributed by atoms with Gasteiger partial charge in [0.2, 0.25) is 5.82 Å². The molecule has 0 bridgehead atoms. The van der Waals surface area contributed by atoms with Crippen molar-refractivity contribution in [2.45, 2.75) is 25.8 Å². The predicted octanol–water partition coefficient (Wildman–Crippen LogP) is 0.865. The maximum Gasteiger partial charge on any atom is 0.400 e. The van der Waals surface area contributed by atoms with Crippen LogP contribution in [0, 0.1) is 0 Å². The number of hydrogen-bond acceptors (Lipinski definition) is 3. The summed E-state index contributed by atoms with van der Waals surface area (Å²) in [6.45, 7) is 1.99. The van der Waals surface area contributed by atoms with Crippen LogP contribution in [0.2, 0.25) is 0 Å². The Kier molecular flexibility index (Phi) is 2.78. The zero-order valence-corrected chi connectivity index (χ0v) is 7.44. The van der Waals surface area contributed by atoms with Gasteiger partial charge in [-0.25, -0.2) is 14.5 Å². The molecule has 0 aromatic carbocycles. The van der Waals surface area contributed by atoms with Crippen LogP contribution in [0.3, 0.4) is 0 Å². The van der Waals surface area contributed by atoms with E-state index in [0.29, 0.717) is 6.42 Å². The molecule has 1 aromatic heterocycles. The third-order valence-electron chi connectivity index (χ3n) is 1.60. The first-order valence-corrected chi connectivity index (χ1v) is 3.99. The summed E-state index contributed by atoms with van der Waals surface area (Å²) in [5, 5.41) is 11.8. The molecule has 0 fully saturated rings. The molecule has 14 heavy (non-hydrogen) atoms. The lowest BCUT2D eigenvalue weighted by Gasteiger charge is -2.10. The summed E-state index contributed by atoms with van der Waals surface area (Å²) in [5.74, 6) is -7.03. The lowest BCUT2D eigenvalue weighted by Crippen LogP contribution is -2.29. The fourth-order valence-electron chi connectivity index (χ4n) is 0.978. The Balaban J connectivity index is 3.05. The average Bonchev–Trinajstić information content (AvgIpc) is 2.53. The molecule has 0 saturated heterocycles. The van der Waals surface area contributed by atoms with Crippen LogP contribution >= 0.6 is 0 Å². The lowest BCUT2D eigenvalue weighted by molar-refractivity contribution is -0.168. The number of nitrogens with zero attached hydrogens (tertiary/aromatic N) is 3. The van der Waals surface area contributed by atoms with E-state index >= 15 is 0 Å². The molecule has 0 unspecified atom stereocenters. The molecular weight excluding hydrogens is 196 g/mol. The Hall–Kier alpha value is -1.53. The molecule has 7 heteroatoms. The second-order valence-electron chi connectivity index (χ2n) is 2.69. The van der Waals surface area contributed by atoms with Gasteiger partial charge in [0.15, 0.2) is 0 Å². The average molecular weight is 205 g/mol. The molecule has 0 aliphatic heterocycles. The van der Waals surface area contributed by atoms with Crippen molar-refractivity contribution < 1.29 is 18.7 Å². The summed E-state index contributed by atoms with van der Waals surface area (Å²) in [4.78, 5) is 13.5. The molecule has 0 spiro atoms. The van der Waals surface area contributed by atoms with E-state index in [1.54, 1.807) is 6.92 Å². The lowest BCUT2D eigenvalue weighted by atomic mass is 10.3. The van der Waals surface area contributed by atoms with Crippen molar-refractivity contribution in [2.75, 3.05) is 0 Å². The number of aromatic nitrogens is 3. The van der Waals surface area contributed by atoms with Crippen LogP contribution in [0.25, 0.3) is 0 Å². The van der Waals surface area contributed by atoms with Gasteiger partial charge < -0.3 is 5.11 Å². The molecular formula is C7H9F2N3O2. The third-order valence-corrected chi connectivity index (χ3v) is 1.60. The zero-order chi connectivity index (χ0) is 10.8. The molecule has 0 aliphatic carbocycles. The fraction of sp³-hybridized carbons (Fsp3) is 0.571. The Morgan fingerprint density at radius 1 is 1.71 bits per heavy atom. The molecule has 0 radical (unpaired) electrons. The number of alkyl halides is 2. The van der Waals surface area contributed by atoms with Gasteiger partial charge >= 0.3 is 11.9 Å². The van der Waals surface area contributed by atoms with Crippen LogP contribution in [-0.2, 0) is 17.3 Å². The van der Waals surface area contributed by atoms with Crippen LogP contribution in [0.15, 0.2) is 6.33 Å². The Labute approximate surface area is 78.4 Å². The minimum atomic E-state index is -3.98. The molecule has 0 atom stereocenters. The molecule has 1 N–H and O–H groups in total. The predicted molar refractivity (Wildman–Crippen MR) is 41.8 cm³/mol. The van der Waals surface area contributed by atoms with Crippen molar-refractivity contribution >= 4 is 5.97 Å². The largest absolute Gasteiger partial charge is 0.476 e. The first-order valence-electron chi connectivity index (χ1n) is 3.99. The molecule has 5 nitrogen and oxygen atoms in total. The van der Waals surface area contributed by atoms with Gasteiger partial charge in [-0.2, -0.15) is 13.9 Å². The second kappa shape index (κ2) is 3.69. The van der Waals surface area contributed by atoms with Crippen molar-refractivity contribution in [2.24, 2.45) is 0 Å². The van der Waals surface area contributed by atoms with Crippen LogP contribution in [0.4, 0.5) is 8.78 Å². The van der Waals surface area contributed by atoms with Gasteiger partial charge in [-0.1, -0.05) is 6.92 Å². The topological polar surface area (TPSA) is 68.0 Å². The van der Waals surface area contributed by atoms with Gasteiger partial charge in [-0.15, -0.1) is 0 Å². The van der Waals surface area contributed by atoms with Crippen LogP contribution in [0.1, 0.15) is 19.2 Å². The van der Waals surface area contributed by atoms with Crippen LogP contribution < -0.4 is 0 Å². The number of carbonyl (C=O) groups is 1. The number of aryl methyl sites for hydroxylation is 1. The van der Waals surface area contributed by atoms with E-state index < -0.39 is 17.7 Å². The Morgan fingerprint density at radius 3 is 2.86 bits per heavy atom. The summed E-state index contributed by atoms with van der Waals surface area (Å²) in [7, 11) is 0. The molecule has 0 saturated carbocycles. The maximum absolute atomic E-state index is 13.0. The van der Waals surface area contributed by atoms with Crippen LogP contribution in [-0.4, -0.2) is 25.8 Å². The minimum Gasteiger partial charge on any atom is -0.476 e. The van der Waals surface area contributed by atoms with E-state index in [1.165, 1.54) is 0 Å². The van der Waals surface area contributed by atoms with Crippen molar-refractivity contribution in [3.05, 3.63) is 12.2 Å². The van der Waals surface area contributed by atoms with Crippen molar-refractivity contribution in [1.82, 2.24) is 14.8 Å². The highest BCUT2D eigenvalue weighted by atomic mass is 19.3. The number of hydrogen-bond donors (Lipinski definition) is 1. The SMILES string of the molecule is CCCn1ncnc1C(F)(F)C(=O)O. The molecule has 1 aromatic rings. The van der Waals surface area contributed by atoms with Gasteiger partial charge in [0.25, 0.3) is 0 Å². The van der Waals surface area contributed by atoms with Gasteiger partial charge in [0.1, 0.15) is 6.33 Å². The van der Waals surface area contributed by atoms with Gasteiger partial charge in [0, 0.05) is 6.54 Å². The molecule has 0 aliphatic rings. The quantitative estimate of drug-likeness (QED) is 0.791. The third kappa shape index (κ3) is 1.70. The van der Waals surface area contributed by atoms with Gasteiger partial charge in [-0.3, -0.25) is 0 Å². The summed E-state index contributed by atoms with van der Waals surface area (Å²) in [6, 6.07) is 0. The number of carboxylic acid groups (broad SMARTS) is 1. The van der Waals surface area contributed by atoms with E-state index in [0.717, 1.165) is 11.0 Å². The van der Waals surface area contributed by atoms with E-state index in [4.69, 9.17) is 5.11 Å². The van der Waals surface area contributed by atoms with E-state index in [9.17, 15) is 13.6 Å². The van der Waals surface area contributed by atoms with Crippen LogP contribution in [0.5, 0.6) is 0 Å². The van der Waals surface area contributed by atoms with Gasteiger partial charge in [0.05, 0.1) is 0 Å². The second-order valence-corrected chi connectivity index (χ2v) is 2.69. The van der Waals surface area contributed by atoms with E-state index in [1.807, 2.05) is 0 Å². The number of aliphatic carboxylic acids is 1. The monoisotopic (exact) mass is 205 g/mol. The minimum absolute atomic E-state index is 0.220. The maximum atomic E-state index is 13.0. The summed E-state index contributed by atoms with van der Waals surface area (Å²) >= 11 is 0. The van der Waals surface area contributed by atoms with Gasteiger partial charge in [-0.05, 0) is 6.42 Å². The van der Waals surface area contributed by atoms with Crippen molar-refractivity contribution in [3.63, 3.8) is 0 Å². The Bertz CT molecular complexity index is 337. The first kappa shape index (κ1) is 10.6. The standard InChI is InChI=1S/C7H9F2N3O2/c1-2-3-12-5(10-4-11-12)7(8,9)6(13)14/h4H,2-3H2,1H3,(H,13,14). The smallest absolute Gasteiger partial charge is 0.400 e. The molecule has 0 amide bonds.